The van der Waals surface area contributed by atoms with Gasteiger partial charge in [-0.15, -0.1) is 0 Å². The zero-order valence-electron chi connectivity index (χ0n) is 14.3. The van der Waals surface area contributed by atoms with Gasteiger partial charge in [0.25, 0.3) is 0 Å². The molecule has 0 saturated carbocycles. The van der Waals surface area contributed by atoms with Gasteiger partial charge in [-0.2, -0.15) is 0 Å². The highest BCUT2D eigenvalue weighted by molar-refractivity contribution is 6.03. The molecule has 1 aliphatic heterocycles. The molecule has 0 radical (unpaired) electrons. The molecule has 122 valence electrons. The monoisotopic (exact) mass is 310 g/mol. The Bertz CT molecular complexity index is 682. The Morgan fingerprint density at radius 3 is 2.48 bits per heavy atom. The summed E-state index contributed by atoms with van der Waals surface area (Å²) in [7, 11) is 0. The molecule has 3 rings (SSSR count). The number of carbonyl (C=O) groups excluding carboxylic acids is 1. The second-order valence-electron chi connectivity index (χ2n) is 7.09. The average Bonchev–Trinajstić information content (AvgIpc) is 2.53. The maximum Gasteiger partial charge on any atom is 0.241 e. The number of anilines is 1. The molecule has 23 heavy (non-hydrogen) atoms. The number of hydrogen-bond acceptors (Lipinski definition) is 2. The number of benzene rings is 2. The molecule has 3 atom stereocenters. The smallest absolute Gasteiger partial charge is 0.241 e. The van der Waals surface area contributed by atoms with Crippen LogP contribution in [0.2, 0.25) is 0 Å². The first-order valence-electron chi connectivity index (χ1n) is 8.57. The molecule has 0 spiro atoms. The molecule has 1 saturated heterocycles. The van der Waals surface area contributed by atoms with Crippen LogP contribution in [0.15, 0.2) is 42.5 Å². The van der Waals surface area contributed by atoms with Gasteiger partial charge >= 0.3 is 0 Å². The summed E-state index contributed by atoms with van der Waals surface area (Å²) in [6.07, 6.45) is 1.26. The van der Waals surface area contributed by atoms with Gasteiger partial charge in [-0.1, -0.05) is 50.2 Å². The SMILES string of the molecule is C[C@H]1C[C@H](C)CN([C@@H](C)C(=O)Nc2cccc3ccccc23)C1. The highest BCUT2D eigenvalue weighted by Gasteiger charge is 2.28. The molecule has 1 fully saturated rings. The summed E-state index contributed by atoms with van der Waals surface area (Å²) in [5.41, 5.74) is 0.901. The van der Waals surface area contributed by atoms with Gasteiger partial charge in [0.1, 0.15) is 0 Å². The Balaban J connectivity index is 1.75. The minimum Gasteiger partial charge on any atom is -0.324 e. The molecule has 1 aliphatic rings. The third kappa shape index (κ3) is 3.56. The summed E-state index contributed by atoms with van der Waals surface area (Å²) in [5, 5.41) is 5.38. The van der Waals surface area contributed by atoms with Gasteiger partial charge in [0.2, 0.25) is 5.91 Å². The van der Waals surface area contributed by atoms with Crippen LogP contribution in [-0.2, 0) is 4.79 Å². The number of likely N-dealkylation sites (tertiary alicyclic amines) is 1. The van der Waals surface area contributed by atoms with Crippen molar-refractivity contribution in [3.05, 3.63) is 42.5 Å². The summed E-state index contributed by atoms with van der Waals surface area (Å²) < 4.78 is 0. The van der Waals surface area contributed by atoms with E-state index in [0.717, 1.165) is 29.5 Å². The summed E-state index contributed by atoms with van der Waals surface area (Å²) in [6, 6.07) is 14.1. The van der Waals surface area contributed by atoms with Crippen LogP contribution in [0.1, 0.15) is 27.2 Å². The molecule has 0 aromatic heterocycles. The molecule has 0 aliphatic carbocycles. The van der Waals surface area contributed by atoms with Crippen molar-refractivity contribution in [3.63, 3.8) is 0 Å². The van der Waals surface area contributed by atoms with Crippen LogP contribution < -0.4 is 5.32 Å². The normalized spacial score (nSPS) is 23.6. The van der Waals surface area contributed by atoms with Gasteiger partial charge in [-0.05, 0) is 36.6 Å². The topological polar surface area (TPSA) is 32.3 Å². The van der Waals surface area contributed by atoms with E-state index in [2.05, 4.69) is 42.3 Å². The van der Waals surface area contributed by atoms with E-state index in [1.165, 1.54) is 6.42 Å². The Labute approximate surface area is 138 Å². The van der Waals surface area contributed by atoms with Crippen molar-refractivity contribution in [3.8, 4) is 0 Å². The highest BCUT2D eigenvalue weighted by atomic mass is 16.2. The largest absolute Gasteiger partial charge is 0.324 e. The number of fused-ring (bicyclic) bond motifs is 1. The Hall–Kier alpha value is -1.87. The van der Waals surface area contributed by atoms with E-state index in [9.17, 15) is 4.79 Å². The van der Waals surface area contributed by atoms with E-state index in [4.69, 9.17) is 0 Å². The lowest BCUT2D eigenvalue weighted by Gasteiger charge is -2.38. The Morgan fingerprint density at radius 1 is 1.09 bits per heavy atom. The first-order valence-corrected chi connectivity index (χ1v) is 8.57. The lowest BCUT2D eigenvalue weighted by Crippen LogP contribution is -2.48. The molecule has 0 bridgehead atoms. The fraction of sp³-hybridized carbons (Fsp3) is 0.450. The van der Waals surface area contributed by atoms with Gasteiger partial charge in [-0.3, -0.25) is 9.69 Å². The summed E-state index contributed by atoms with van der Waals surface area (Å²) in [5.74, 6) is 1.40. The van der Waals surface area contributed by atoms with Crippen LogP contribution in [0.3, 0.4) is 0 Å². The summed E-state index contributed by atoms with van der Waals surface area (Å²) in [6.45, 7) is 8.59. The van der Waals surface area contributed by atoms with Gasteiger partial charge in [0.15, 0.2) is 0 Å². The molecule has 1 amide bonds. The van der Waals surface area contributed by atoms with Crippen molar-refractivity contribution in [2.24, 2.45) is 11.8 Å². The zero-order valence-corrected chi connectivity index (χ0v) is 14.3. The highest BCUT2D eigenvalue weighted by Crippen LogP contribution is 2.25. The minimum atomic E-state index is -0.0980. The lowest BCUT2D eigenvalue weighted by molar-refractivity contribution is -0.121. The average molecular weight is 310 g/mol. The predicted octanol–water partition coefficient (Wildman–Crippen LogP) is 4.14. The number of nitrogens with zero attached hydrogens (tertiary/aromatic N) is 1. The number of piperidine rings is 1. The molecule has 1 heterocycles. The van der Waals surface area contributed by atoms with Crippen LogP contribution in [-0.4, -0.2) is 29.9 Å². The maximum absolute atomic E-state index is 12.7. The third-order valence-electron chi connectivity index (χ3n) is 4.87. The molecule has 3 nitrogen and oxygen atoms in total. The van der Waals surface area contributed by atoms with Crippen LogP contribution in [0.25, 0.3) is 10.8 Å². The second-order valence-corrected chi connectivity index (χ2v) is 7.09. The third-order valence-corrected chi connectivity index (χ3v) is 4.87. The number of hydrogen-bond donors (Lipinski definition) is 1. The van der Waals surface area contributed by atoms with Crippen molar-refractivity contribution in [2.45, 2.75) is 33.2 Å². The Morgan fingerprint density at radius 2 is 1.74 bits per heavy atom. The van der Waals surface area contributed by atoms with Crippen molar-refractivity contribution in [1.29, 1.82) is 0 Å². The first-order chi connectivity index (χ1) is 11.0. The summed E-state index contributed by atoms with van der Waals surface area (Å²) >= 11 is 0. The molecular formula is C20H26N2O. The lowest BCUT2D eigenvalue weighted by atomic mass is 9.91. The van der Waals surface area contributed by atoms with Gasteiger partial charge in [0, 0.05) is 24.2 Å². The van der Waals surface area contributed by atoms with Gasteiger partial charge < -0.3 is 5.32 Å². The van der Waals surface area contributed by atoms with Gasteiger partial charge in [-0.25, -0.2) is 0 Å². The van der Waals surface area contributed by atoms with Crippen LogP contribution in [0.4, 0.5) is 5.69 Å². The van der Waals surface area contributed by atoms with E-state index >= 15 is 0 Å². The fourth-order valence-electron chi connectivity index (χ4n) is 3.76. The number of carbonyl (C=O) groups is 1. The number of nitrogens with one attached hydrogen (secondary N) is 1. The fourth-order valence-corrected chi connectivity index (χ4v) is 3.76. The summed E-state index contributed by atoms with van der Waals surface area (Å²) in [4.78, 5) is 15.0. The van der Waals surface area contributed by atoms with Crippen LogP contribution in [0.5, 0.6) is 0 Å². The van der Waals surface area contributed by atoms with E-state index in [1.54, 1.807) is 0 Å². The van der Waals surface area contributed by atoms with Crippen molar-refractivity contribution in [1.82, 2.24) is 4.90 Å². The Kier molecular flexibility index (Phi) is 4.67. The predicted molar refractivity (Wildman–Crippen MR) is 96.6 cm³/mol. The van der Waals surface area contributed by atoms with Crippen molar-refractivity contribution >= 4 is 22.4 Å². The second kappa shape index (κ2) is 6.71. The molecular weight excluding hydrogens is 284 g/mol. The van der Waals surface area contributed by atoms with E-state index in [0.29, 0.717) is 11.8 Å². The number of amides is 1. The van der Waals surface area contributed by atoms with Gasteiger partial charge in [0.05, 0.1) is 6.04 Å². The quantitative estimate of drug-likeness (QED) is 0.924. The molecule has 1 N–H and O–H groups in total. The van der Waals surface area contributed by atoms with Crippen molar-refractivity contribution < 1.29 is 4.79 Å². The molecule has 0 unspecified atom stereocenters. The minimum absolute atomic E-state index is 0.0858. The zero-order chi connectivity index (χ0) is 16.4. The molecule has 3 heteroatoms. The van der Waals surface area contributed by atoms with Crippen LogP contribution >= 0.6 is 0 Å². The molecule has 2 aromatic carbocycles. The first kappa shape index (κ1) is 16.0. The van der Waals surface area contributed by atoms with E-state index < -0.39 is 0 Å². The van der Waals surface area contributed by atoms with Crippen molar-refractivity contribution in [2.75, 3.05) is 18.4 Å². The number of rotatable bonds is 3. The van der Waals surface area contributed by atoms with Crippen LogP contribution in [0, 0.1) is 11.8 Å². The van der Waals surface area contributed by atoms with E-state index in [-0.39, 0.29) is 11.9 Å². The van der Waals surface area contributed by atoms with E-state index in [1.807, 2.05) is 31.2 Å². The standard InChI is InChI=1S/C20H26N2O/c1-14-11-15(2)13-22(12-14)16(3)20(23)21-19-10-6-8-17-7-4-5-9-18(17)19/h4-10,14-16H,11-13H2,1-3H3,(H,21,23)/t14-,15-,16-/m0/s1. The molecule has 2 aromatic rings. The maximum atomic E-state index is 12.7.